The zero-order chi connectivity index (χ0) is 11.4. The Labute approximate surface area is 102 Å². The molecule has 0 radical (unpaired) electrons. The van der Waals surface area contributed by atoms with Gasteiger partial charge in [-0.3, -0.25) is 4.79 Å². The molecule has 1 amide bonds. The van der Waals surface area contributed by atoms with Crippen LogP contribution in [0, 0.1) is 0 Å². The molecule has 1 heterocycles. The van der Waals surface area contributed by atoms with Crippen LogP contribution in [0.5, 0.6) is 0 Å². The average molecular weight is 286 g/mol. The lowest BCUT2D eigenvalue weighted by Crippen LogP contribution is -2.39. The summed E-state index contributed by atoms with van der Waals surface area (Å²) in [6, 6.07) is 7.44. The van der Waals surface area contributed by atoms with Crippen LogP contribution in [-0.2, 0) is 14.3 Å². The summed E-state index contributed by atoms with van der Waals surface area (Å²) in [4.78, 5) is 11.8. The number of nitrogens with one attached hydrogen (secondary N) is 1. The SMILES string of the molecule is O=C(Nc1ccccc1Br)C1COCCO1. The first kappa shape index (κ1) is 11.6. The Morgan fingerprint density at radius 2 is 2.19 bits per heavy atom. The Balaban J connectivity index is 1.99. The summed E-state index contributed by atoms with van der Waals surface area (Å²) in [5.74, 6) is -0.174. The van der Waals surface area contributed by atoms with Crippen molar-refractivity contribution in [2.45, 2.75) is 6.10 Å². The molecule has 16 heavy (non-hydrogen) atoms. The Kier molecular flexibility index (Phi) is 3.93. The summed E-state index contributed by atoms with van der Waals surface area (Å²) in [6.45, 7) is 1.34. The van der Waals surface area contributed by atoms with Crippen LogP contribution in [-0.4, -0.2) is 31.8 Å². The number of ether oxygens (including phenoxy) is 2. The second kappa shape index (κ2) is 5.43. The monoisotopic (exact) mass is 285 g/mol. The zero-order valence-corrected chi connectivity index (χ0v) is 10.2. The van der Waals surface area contributed by atoms with Crippen molar-refractivity contribution in [2.24, 2.45) is 0 Å². The lowest BCUT2D eigenvalue weighted by molar-refractivity contribution is -0.142. The van der Waals surface area contributed by atoms with Gasteiger partial charge in [0.2, 0.25) is 0 Å². The highest BCUT2D eigenvalue weighted by molar-refractivity contribution is 9.10. The quantitative estimate of drug-likeness (QED) is 0.902. The maximum atomic E-state index is 11.8. The summed E-state index contributed by atoms with van der Waals surface area (Å²) in [7, 11) is 0. The molecular formula is C11H12BrNO3. The van der Waals surface area contributed by atoms with Gasteiger partial charge in [0.15, 0.2) is 6.10 Å². The molecule has 0 aliphatic carbocycles. The van der Waals surface area contributed by atoms with Gasteiger partial charge in [0.05, 0.1) is 25.5 Å². The van der Waals surface area contributed by atoms with E-state index in [1.54, 1.807) is 0 Å². The van der Waals surface area contributed by atoms with Crippen molar-refractivity contribution in [3.05, 3.63) is 28.7 Å². The Bertz CT molecular complexity index is 377. The minimum Gasteiger partial charge on any atom is -0.376 e. The zero-order valence-electron chi connectivity index (χ0n) is 8.61. The molecular weight excluding hydrogens is 274 g/mol. The van der Waals surface area contributed by atoms with E-state index in [0.717, 1.165) is 10.2 Å². The van der Waals surface area contributed by atoms with Crippen molar-refractivity contribution >= 4 is 27.5 Å². The van der Waals surface area contributed by atoms with Crippen LogP contribution >= 0.6 is 15.9 Å². The molecule has 4 nitrogen and oxygen atoms in total. The molecule has 1 unspecified atom stereocenters. The van der Waals surface area contributed by atoms with Crippen molar-refractivity contribution in [3.63, 3.8) is 0 Å². The highest BCUT2D eigenvalue weighted by atomic mass is 79.9. The maximum absolute atomic E-state index is 11.8. The third-order valence-corrected chi connectivity index (χ3v) is 2.93. The molecule has 1 aromatic rings. The topological polar surface area (TPSA) is 47.6 Å². The second-order valence-electron chi connectivity index (χ2n) is 3.40. The van der Waals surface area contributed by atoms with E-state index in [1.807, 2.05) is 24.3 Å². The van der Waals surface area contributed by atoms with Crippen molar-refractivity contribution in [1.82, 2.24) is 0 Å². The smallest absolute Gasteiger partial charge is 0.255 e. The van der Waals surface area contributed by atoms with E-state index >= 15 is 0 Å². The number of anilines is 1. The Morgan fingerprint density at radius 1 is 1.38 bits per heavy atom. The lowest BCUT2D eigenvalue weighted by Gasteiger charge is -2.22. The molecule has 0 saturated carbocycles. The van der Waals surface area contributed by atoms with Crippen LogP contribution in [0.4, 0.5) is 5.69 Å². The minimum absolute atomic E-state index is 0.174. The fourth-order valence-electron chi connectivity index (χ4n) is 1.41. The van der Waals surface area contributed by atoms with E-state index < -0.39 is 6.10 Å². The molecule has 5 heteroatoms. The van der Waals surface area contributed by atoms with Crippen LogP contribution in [0.15, 0.2) is 28.7 Å². The van der Waals surface area contributed by atoms with Gasteiger partial charge in [-0.15, -0.1) is 0 Å². The Morgan fingerprint density at radius 3 is 2.88 bits per heavy atom. The van der Waals surface area contributed by atoms with Gasteiger partial charge in [0.25, 0.3) is 5.91 Å². The van der Waals surface area contributed by atoms with E-state index in [1.165, 1.54) is 0 Å². The molecule has 1 aliphatic rings. The van der Waals surface area contributed by atoms with Crippen LogP contribution in [0.2, 0.25) is 0 Å². The Hall–Kier alpha value is -0.910. The van der Waals surface area contributed by atoms with Gasteiger partial charge in [0, 0.05) is 4.47 Å². The summed E-state index contributed by atoms with van der Waals surface area (Å²) in [6.07, 6.45) is -0.513. The van der Waals surface area contributed by atoms with E-state index in [9.17, 15) is 4.79 Å². The standard InChI is InChI=1S/C11H12BrNO3/c12-8-3-1-2-4-9(8)13-11(14)10-7-15-5-6-16-10/h1-4,10H,5-7H2,(H,13,14). The van der Waals surface area contributed by atoms with E-state index in [-0.39, 0.29) is 5.91 Å². The fourth-order valence-corrected chi connectivity index (χ4v) is 1.80. The molecule has 0 bridgehead atoms. The van der Waals surface area contributed by atoms with Crippen LogP contribution in [0.1, 0.15) is 0 Å². The van der Waals surface area contributed by atoms with Gasteiger partial charge in [-0.25, -0.2) is 0 Å². The number of carbonyl (C=O) groups is 1. The molecule has 1 atom stereocenters. The van der Waals surface area contributed by atoms with Gasteiger partial charge in [-0.2, -0.15) is 0 Å². The molecule has 1 N–H and O–H groups in total. The predicted molar refractivity (Wildman–Crippen MR) is 63.3 cm³/mol. The molecule has 0 aromatic heterocycles. The largest absolute Gasteiger partial charge is 0.376 e. The van der Waals surface area contributed by atoms with E-state index in [2.05, 4.69) is 21.2 Å². The third-order valence-electron chi connectivity index (χ3n) is 2.24. The normalized spacial score (nSPS) is 20.4. The van der Waals surface area contributed by atoms with Crippen molar-refractivity contribution < 1.29 is 14.3 Å². The number of hydrogen-bond acceptors (Lipinski definition) is 3. The first-order chi connectivity index (χ1) is 7.77. The average Bonchev–Trinajstić information content (AvgIpc) is 2.33. The first-order valence-electron chi connectivity index (χ1n) is 5.02. The summed E-state index contributed by atoms with van der Waals surface area (Å²) in [5.41, 5.74) is 0.738. The van der Waals surface area contributed by atoms with Crippen molar-refractivity contribution in [2.75, 3.05) is 25.1 Å². The molecule has 86 valence electrons. The molecule has 1 fully saturated rings. The molecule has 1 saturated heterocycles. The maximum Gasteiger partial charge on any atom is 0.255 e. The number of benzene rings is 1. The second-order valence-corrected chi connectivity index (χ2v) is 4.26. The van der Waals surface area contributed by atoms with Gasteiger partial charge < -0.3 is 14.8 Å². The van der Waals surface area contributed by atoms with Crippen LogP contribution < -0.4 is 5.32 Å². The van der Waals surface area contributed by atoms with Crippen LogP contribution in [0.3, 0.4) is 0 Å². The lowest BCUT2D eigenvalue weighted by atomic mass is 10.3. The number of rotatable bonds is 2. The van der Waals surface area contributed by atoms with Crippen molar-refractivity contribution in [3.8, 4) is 0 Å². The summed E-state index contributed by atoms with van der Waals surface area (Å²) in [5, 5.41) is 2.79. The fraction of sp³-hybridized carbons (Fsp3) is 0.364. The highest BCUT2D eigenvalue weighted by Crippen LogP contribution is 2.21. The number of para-hydroxylation sites is 1. The number of carbonyl (C=O) groups excluding carboxylic acids is 1. The minimum atomic E-state index is -0.513. The van der Waals surface area contributed by atoms with Gasteiger partial charge in [-0.1, -0.05) is 12.1 Å². The van der Waals surface area contributed by atoms with Gasteiger partial charge >= 0.3 is 0 Å². The summed E-state index contributed by atoms with van der Waals surface area (Å²) < 4.78 is 11.3. The van der Waals surface area contributed by atoms with E-state index in [0.29, 0.717) is 19.8 Å². The third kappa shape index (κ3) is 2.81. The predicted octanol–water partition coefficient (Wildman–Crippen LogP) is 1.80. The van der Waals surface area contributed by atoms with Crippen molar-refractivity contribution in [1.29, 1.82) is 0 Å². The highest BCUT2D eigenvalue weighted by Gasteiger charge is 2.22. The number of hydrogen-bond donors (Lipinski definition) is 1. The molecule has 1 aromatic carbocycles. The van der Waals surface area contributed by atoms with E-state index in [4.69, 9.17) is 9.47 Å². The molecule has 0 spiro atoms. The molecule has 2 rings (SSSR count). The van der Waals surface area contributed by atoms with Gasteiger partial charge in [-0.05, 0) is 28.1 Å². The number of amides is 1. The summed E-state index contributed by atoms with van der Waals surface area (Å²) >= 11 is 3.36. The van der Waals surface area contributed by atoms with Crippen LogP contribution in [0.25, 0.3) is 0 Å². The number of halogens is 1. The first-order valence-corrected chi connectivity index (χ1v) is 5.81. The van der Waals surface area contributed by atoms with Gasteiger partial charge in [0.1, 0.15) is 0 Å². The molecule has 1 aliphatic heterocycles.